The highest BCUT2D eigenvalue weighted by atomic mass is 15.2. The fraction of sp³-hybridized carbons (Fsp3) is 0.250. The zero-order valence-corrected chi connectivity index (χ0v) is 9.04. The first-order chi connectivity index (χ1) is 7.22. The molecule has 3 heteroatoms. The molecular formula is C12H15N3. The predicted molar refractivity (Wildman–Crippen MR) is 62.6 cm³/mol. The maximum absolute atomic E-state index is 5.78. The predicted octanol–water partition coefficient (Wildman–Crippen LogP) is 2.53. The standard InChI is InChI=1S/C12H15N3/c1-3-10-11(14-15-12(10)13)9-6-4-5-8(2)7-9/h4-7H,3H2,1-2H3,(H3,13,14,15). The van der Waals surface area contributed by atoms with Gasteiger partial charge in [-0.25, -0.2) is 0 Å². The molecule has 0 unspecified atom stereocenters. The van der Waals surface area contributed by atoms with Gasteiger partial charge >= 0.3 is 0 Å². The minimum absolute atomic E-state index is 0.606. The number of hydrogen-bond acceptors (Lipinski definition) is 2. The van der Waals surface area contributed by atoms with Gasteiger partial charge in [-0.1, -0.05) is 30.7 Å². The molecule has 3 N–H and O–H groups in total. The monoisotopic (exact) mass is 201 g/mol. The fourth-order valence-corrected chi connectivity index (χ4v) is 1.78. The number of anilines is 1. The van der Waals surface area contributed by atoms with Crippen LogP contribution < -0.4 is 5.73 Å². The lowest BCUT2D eigenvalue weighted by Gasteiger charge is -2.02. The van der Waals surface area contributed by atoms with E-state index in [1.54, 1.807) is 0 Å². The zero-order valence-electron chi connectivity index (χ0n) is 9.04. The van der Waals surface area contributed by atoms with Crippen LogP contribution in [0.15, 0.2) is 24.3 Å². The molecule has 0 radical (unpaired) electrons. The Hall–Kier alpha value is -1.77. The summed E-state index contributed by atoms with van der Waals surface area (Å²) in [7, 11) is 0. The van der Waals surface area contributed by atoms with E-state index in [0.29, 0.717) is 5.82 Å². The first kappa shape index (κ1) is 9.77. The van der Waals surface area contributed by atoms with Crippen LogP contribution in [-0.4, -0.2) is 10.2 Å². The lowest BCUT2D eigenvalue weighted by molar-refractivity contribution is 1.10. The van der Waals surface area contributed by atoms with Crippen molar-refractivity contribution >= 4 is 5.82 Å². The first-order valence-corrected chi connectivity index (χ1v) is 5.12. The number of aromatic amines is 1. The van der Waals surface area contributed by atoms with E-state index in [1.165, 1.54) is 5.56 Å². The summed E-state index contributed by atoms with van der Waals surface area (Å²) in [5.74, 6) is 0.606. The molecule has 0 aliphatic carbocycles. The summed E-state index contributed by atoms with van der Waals surface area (Å²) in [4.78, 5) is 0. The molecule has 0 aliphatic heterocycles. The quantitative estimate of drug-likeness (QED) is 0.784. The third-order valence-corrected chi connectivity index (χ3v) is 2.56. The third kappa shape index (κ3) is 1.73. The van der Waals surface area contributed by atoms with Crippen LogP contribution in [0.25, 0.3) is 11.3 Å². The average Bonchev–Trinajstić information content (AvgIpc) is 2.59. The van der Waals surface area contributed by atoms with Crippen molar-refractivity contribution in [3.05, 3.63) is 35.4 Å². The molecule has 1 aromatic heterocycles. The van der Waals surface area contributed by atoms with Crippen LogP contribution in [0.3, 0.4) is 0 Å². The topological polar surface area (TPSA) is 54.7 Å². The molecule has 78 valence electrons. The molecule has 0 amide bonds. The Balaban J connectivity index is 2.54. The molecule has 15 heavy (non-hydrogen) atoms. The number of benzene rings is 1. The second-order valence-corrected chi connectivity index (χ2v) is 3.69. The lowest BCUT2D eigenvalue weighted by Crippen LogP contribution is -1.91. The van der Waals surface area contributed by atoms with Gasteiger partial charge in [0.15, 0.2) is 0 Å². The van der Waals surface area contributed by atoms with Crippen LogP contribution >= 0.6 is 0 Å². The number of aromatic nitrogens is 2. The Kier molecular flexibility index (Phi) is 2.46. The Labute approximate surface area is 89.3 Å². The highest BCUT2D eigenvalue weighted by Gasteiger charge is 2.10. The van der Waals surface area contributed by atoms with Gasteiger partial charge in [-0.2, -0.15) is 5.10 Å². The van der Waals surface area contributed by atoms with Crippen LogP contribution in [0.2, 0.25) is 0 Å². The van der Waals surface area contributed by atoms with Crippen molar-refractivity contribution in [3.8, 4) is 11.3 Å². The molecule has 1 heterocycles. The van der Waals surface area contributed by atoms with Crippen molar-refractivity contribution in [3.63, 3.8) is 0 Å². The van der Waals surface area contributed by atoms with Crippen LogP contribution in [0.4, 0.5) is 5.82 Å². The molecule has 0 aliphatic rings. The summed E-state index contributed by atoms with van der Waals surface area (Å²) in [5.41, 5.74) is 10.3. The normalized spacial score (nSPS) is 10.5. The van der Waals surface area contributed by atoms with Crippen molar-refractivity contribution in [2.45, 2.75) is 20.3 Å². The number of nitrogen functional groups attached to an aromatic ring is 1. The third-order valence-electron chi connectivity index (χ3n) is 2.56. The molecule has 3 nitrogen and oxygen atoms in total. The number of hydrogen-bond donors (Lipinski definition) is 2. The van der Waals surface area contributed by atoms with Crippen molar-refractivity contribution in [1.82, 2.24) is 10.2 Å². The Morgan fingerprint density at radius 1 is 1.40 bits per heavy atom. The average molecular weight is 201 g/mol. The molecule has 0 bridgehead atoms. The maximum Gasteiger partial charge on any atom is 0.149 e. The van der Waals surface area contributed by atoms with Crippen molar-refractivity contribution in [2.75, 3.05) is 5.73 Å². The van der Waals surface area contributed by atoms with Gasteiger partial charge in [0.25, 0.3) is 0 Å². The zero-order chi connectivity index (χ0) is 10.8. The van der Waals surface area contributed by atoms with Gasteiger partial charge in [-0.05, 0) is 19.4 Å². The van der Waals surface area contributed by atoms with Crippen molar-refractivity contribution < 1.29 is 0 Å². The van der Waals surface area contributed by atoms with Crippen LogP contribution in [0, 0.1) is 6.92 Å². The van der Waals surface area contributed by atoms with Gasteiger partial charge < -0.3 is 5.73 Å². The van der Waals surface area contributed by atoms with E-state index in [1.807, 2.05) is 6.07 Å². The minimum atomic E-state index is 0.606. The highest BCUT2D eigenvalue weighted by molar-refractivity contribution is 5.68. The van der Waals surface area contributed by atoms with Gasteiger partial charge in [0.2, 0.25) is 0 Å². The first-order valence-electron chi connectivity index (χ1n) is 5.12. The minimum Gasteiger partial charge on any atom is -0.382 e. The largest absolute Gasteiger partial charge is 0.382 e. The number of H-pyrrole nitrogens is 1. The second-order valence-electron chi connectivity index (χ2n) is 3.69. The van der Waals surface area contributed by atoms with E-state index >= 15 is 0 Å². The Morgan fingerprint density at radius 2 is 2.20 bits per heavy atom. The van der Waals surface area contributed by atoms with Gasteiger partial charge in [-0.3, -0.25) is 5.10 Å². The number of nitrogens with zero attached hydrogens (tertiary/aromatic N) is 1. The van der Waals surface area contributed by atoms with Gasteiger partial charge in [0.05, 0.1) is 5.69 Å². The van der Waals surface area contributed by atoms with E-state index in [-0.39, 0.29) is 0 Å². The van der Waals surface area contributed by atoms with Gasteiger partial charge in [0, 0.05) is 11.1 Å². The second kappa shape index (κ2) is 3.77. The summed E-state index contributed by atoms with van der Waals surface area (Å²) in [6.07, 6.45) is 0.894. The van der Waals surface area contributed by atoms with E-state index in [0.717, 1.165) is 23.2 Å². The number of aryl methyl sites for hydroxylation is 1. The molecule has 1 aromatic carbocycles. The van der Waals surface area contributed by atoms with E-state index in [2.05, 4.69) is 42.2 Å². The maximum atomic E-state index is 5.78. The number of rotatable bonds is 2. The summed E-state index contributed by atoms with van der Waals surface area (Å²) in [6.45, 7) is 4.16. The molecule has 0 spiro atoms. The summed E-state index contributed by atoms with van der Waals surface area (Å²) in [6, 6.07) is 8.32. The highest BCUT2D eigenvalue weighted by Crippen LogP contribution is 2.25. The molecule has 2 rings (SSSR count). The SMILES string of the molecule is CCc1c(N)n[nH]c1-c1cccc(C)c1. The Bertz CT molecular complexity index is 471. The summed E-state index contributed by atoms with van der Waals surface area (Å²) < 4.78 is 0. The van der Waals surface area contributed by atoms with Crippen LogP contribution in [0.5, 0.6) is 0 Å². The number of nitrogens with one attached hydrogen (secondary N) is 1. The van der Waals surface area contributed by atoms with E-state index < -0.39 is 0 Å². The van der Waals surface area contributed by atoms with E-state index in [4.69, 9.17) is 5.73 Å². The van der Waals surface area contributed by atoms with Gasteiger partial charge in [-0.15, -0.1) is 0 Å². The van der Waals surface area contributed by atoms with E-state index in [9.17, 15) is 0 Å². The number of nitrogens with two attached hydrogens (primary N) is 1. The smallest absolute Gasteiger partial charge is 0.149 e. The Morgan fingerprint density at radius 3 is 2.87 bits per heavy atom. The van der Waals surface area contributed by atoms with Crippen LogP contribution in [0.1, 0.15) is 18.1 Å². The summed E-state index contributed by atoms with van der Waals surface area (Å²) >= 11 is 0. The molecule has 0 atom stereocenters. The molecule has 0 saturated heterocycles. The fourth-order valence-electron chi connectivity index (χ4n) is 1.78. The molecule has 2 aromatic rings. The molecule has 0 saturated carbocycles. The van der Waals surface area contributed by atoms with Crippen LogP contribution in [-0.2, 0) is 6.42 Å². The lowest BCUT2D eigenvalue weighted by atomic mass is 10.0. The van der Waals surface area contributed by atoms with Gasteiger partial charge in [0.1, 0.15) is 5.82 Å². The van der Waals surface area contributed by atoms with Crippen molar-refractivity contribution in [1.29, 1.82) is 0 Å². The molecular weight excluding hydrogens is 186 g/mol. The summed E-state index contributed by atoms with van der Waals surface area (Å²) in [5, 5.41) is 7.04. The molecule has 0 fully saturated rings. The van der Waals surface area contributed by atoms with Crippen molar-refractivity contribution in [2.24, 2.45) is 0 Å².